The van der Waals surface area contributed by atoms with Gasteiger partial charge in [-0.25, -0.2) is 4.79 Å². The zero-order valence-electron chi connectivity index (χ0n) is 76.5. The van der Waals surface area contributed by atoms with Crippen LogP contribution in [-0.2, 0) is 76.1 Å². The Morgan fingerprint density at radius 2 is 0.504 bits per heavy atom. The van der Waals surface area contributed by atoms with Crippen molar-refractivity contribution in [1.29, 1.82) is 0 Å². The molecule has 1 unspecified atom stereocenters. The highest BCUT2D eigenvalue weighted by molar-refractivity contribution is 5.83. The summed E-state index contributed by atoms with van der Waals surface area (Å²) in [4.78, 5) is 100. The fraction of sp³-hybridized carbons (Fsp3) is 0.925. The molecule has 0 amide bonds. The smallest absolute Gasteiger partial charge is 0.463 e. The lowest BCUT2D eigenvalue weighted by molar-refractivity contribution is -0.167. The van der Waals surface area contributed by atoms with Crippen molar-refractivity contribution in [3.63, 3.8) is 0 Å². The van der Waals surface area contributed by atoms with Gasteiger partial charge in [0, 0.05) is 31.6 Å². The van der Waals surface area contributed by atoms with E-state index in [2.05, 4.69) is 20.8 Å². The average molecular weight is 1610 g/mol. The number of esters is 6. The van der Waals surface area contributed by atoms with Crippen LogP contribution in [0.1, 0.15) is 420 Å². The monoisotopic (exact) mass is 1610 g/mol. The molecule has 20 nitrogen and oxygen atoms in total. The third kappa shape index (κ3) is 72.8. The molecule has 20 heteroatoms. The zero-order valence-corrected chi connectivity index (χ0v) is 76.5. The first-order valence-electron chi connectivity index (χ1n) is 45.9. The molecule has 0 saturated carbocycles. The van der Waals surface area contributed by atoms with Crippen LogP contribution in [0.2, 0.25) is 0 Å². The van der Waals surface area contributed by atoms with E-state index in [0.717, 1.165) is 38.5 Å². The van der Waals surface area contributed by atoms with Crippen LogP contribution in [0.4, 0.5) is 4.79 Å². The van der Waals surface area contributed by atoms with E-state index in [1.54, 1.807) is 109 Å². The first-order chi connectivity index (χ1) is 53.5. The van der Waals surface area contributed by atoms with Gasteiger partial charge < -0.3 is 47.4 Å². The minimum absolute atomic E-state index is 0.00709. The van der Waals surface area contributed by atoms with Crippen LogP contribution < -0.4 is 0 Å². The number of nitrogens with zero attached hydrogens (tertiary/aromatic N) is 3. The van der Waals surface area contributed by atoms with E-state index in [-0.39, 0.29) is 97.4 Å². The van der Waals surface area contributed by atoms with E-state index in [0.29, 0.717) is 6.61 Å². The Hall–Kier alpha value is -4.11. The Bertz CT molecular complexity index is 2160. The quantitative estimate of drug-likeness (QED) is 0.0314. The van der Waals surface area contributed by atoms with Crippen molar-refractivity contribution in [2.75, 3.05) is 98.6 Å². The number of carbonyl (C=O) groups excluding carboxylic acids is 7. The Labute approximate surface area is 692 Å². The molecule has 0 aromatic carbocycles. The standard InChI is InChI=1S/C93H177N3O17/c1-19-22-25-28-31-34-37-40-43-46-49-52-55-58-61-93(62-59-56-53-50-47-44-41-38-35-32-29-26-23-20-2,63-60-57-54-51-48-45-42-39-36-33-30-27-24-21-3)79-108-87(103)107-73-71-105-69-68-104-70-72-106-81(97)74-80(86(102)113-92(16,17)18)96(66-64-94(75-82(98)109-88(4,5)6)76-83(99)110-89(7,8)9)67-65-95(77-84(100)111-90(10,11)12)78-85(101)112-91(13,14)15/h80H,19-79H2,1-18H3. The van der Waals surface area contributed by atoms with Crippen LogP contribution in [-0.4, -0.2) is 189 Å². The van der Waals surface area contributed by atoms with Gasteiger partial charge in [0.2, 0.25) is 0 Å². The van der Waals surface area contributed by atoms with Crippen molar-refractivity contribution in [1.82, 2.24) is 14.7 Å². The number of ether oxygens (including phenoxy) is 10. The first-order valence-corrected chi connectivity index (χ1v) is 45.9. The van der Waals surface area contributed by atoms with Gasteiger partial charge in [-0.2, -0.15) is 0 Å². The molecule has 0 aliphatic heterocycles. The Morgan fingerprint density at radius 1 is 0.265 bits per heavy atom. The zero-order chi connectivity index (χ0) is 84.6. The molecule has 0 aliphatic carbocycles. The Balaban J connectivity index is 6.27. The number of hydrogen-bond donors (Lipinski definition) is 0. The SMILES string of the molecule is CCCCCCCCCCCCCCCCC(CCCCCCCCCCCCCCCC)(CCCCCCCCCCCCCCCC)COC(=O)OCCOCCOCCOC(=O)CC(C(=O)OC(C)(C)C)N(CCN(CC(=O)OC(C)(C)C)CC(=O)OC(C)(C)C)CCN(CC(=O)OC(C)(C)C)CC(=O)OC(C)(C)C. The lowest BCUT2D eigenvalue weighted by Gasteiger charge is -2.35. The highest BCUT2D eigenvalue weighted by atomic mass is 16.7. The van der Waals surface area contributed by atoms with Crippen molar-refractivity contribution in [2.45, 2.75) is 454 Å². The summed E-state index contributed by atoms with van der Waals surface area (Å²) in [6.07, 6.45) is 57.6. The number of carbonyl (C=O) groups is 7. The van der Waals surface area contributed by atoms with E-state index >= 15 is 0 Å². The third-order valence-corrected chi connectivity index (χ3v) is 20.0. The molecule has 0 spiro atoms. The van der Waals surface area contributed by atoms with Gasteiger partial charge in [0.15, 0.2) is 0 Å². The van der Waals surface area contributed by atoms with Crippen molar-refractivity contribution in [2.24, 2.45) is 5.41 Å². The summed E-state index contributed by atoms with van der Waals surface area (Å²) in [5.41, 5.74) is -4.41. The van der Waals surface area contributed by atoms with E-state index in [4.69, 9.17) is 47.4 Å². The minimum atomic E-state index is -1.30. The lowest BCUT2D eigenvalue weighted by atomic mass is 9.74. The summed E-state index contributed by atoms with van der Waals surface area (Å²) >= 11 is 0. The van der Waals surface area contributed by atoms with Gasteiger partial charge in [0.1, 0.15) is 53.9 Å². The maximum absolute atomic E-state index is 14.5. The fourth-order valence-corrected chi connectivity index (χ4v) is 14.2. The highest BCUT2D eigenvalue weighted by Crippen LogP contribution is 2.39. The van der Waals surface area contributed by atoms with Crippen LogP contribution in [0.25, 0.3) is 0 Å². The predicted octanol–water partition coefficient (Wildman–Crippen LogP) is 22.7. The molecule has 0 saturated heterocycles. The van der Waals surface area contributed by atoms with Crippen molar-refractivity contribution >= 4 is 42.0 Å². The minimum Gasteiger partial charge on any atom is -0.463 e. The molecular formula is C93H177N3O17. The van der Waals surface area contributed by atoms with Crippen LogP contribution in [0, 0.1) is 5.41 Å². The number of unbranched alkanes of at least 4 members (excludes halogenated alkanes) is 39. The molecule has 113 heavy (non-hydrogen) atoms. The van der Waals surface area contributed by atoms with Gasteiger partial charge in [0.25, 0.3) is 0 Å². The second-order valence-electron chi connectivity index (χ2n) is 37.4. The molecule has 666 valence electrons. The van der Waals surface area contributed by atoms with E-state index in [1.807, 2.05) is 0 Å². The van der Waals surface area contributed by atoms with Crippen LogP contribution in [0.15, 0.2) is 0 Å². The molecule has 0 heterocycles. The Morgan fingerprint density at radius 3 is 0.761 bits per heavy atom. The maximum Gasteiger partial charge on any atom is 0.508 e. The van der Waals surface area contributed by atoms with Crippen LogP contribution in [0.3, 0.4) is 0 Å². The topological polar surface area (TPSA) is 222 Å². The van der Waals surface area contributed by atoms with E-state index in [9.17, 15) is 33.6 Å². The van der Waals surface area contributed by atoms with Crippen molar-refractivity contribution < 1.29 is 80.9 Å². The molecule has 0 rings (SSSR count). The normalized spacial score (nSPS) is 12.7. The van der Waals surface area contributed by atoms with Gasteiger partial charge in [-0.1, -0.05) is 290 Å². The molecular weight excluding hydrogens is 1430 g/mol. The summed E-state index contributed by atoms with van der Waals surface area (Å²) in [6, 6.07) is -1.30. The van der Waals surface area contributed by atoms with E-state index in [1.165, 1.54) is 260 Å². The predicted molar refractivity (Wildman–Crippen MR) is 459 cm³/mol. The lowest BCUT2D eigenvalue weighted by Crippen LogP contribution is -2.52. The molecule has 0 aromatic rings. The third-order valence-electron chi connectivity index (χ3n) is 20.0. The Kier molecular flexibility index (Phi) is 64.3. The molecule has 1 atom stereocenters. The molecule has 0 N–H and O–H groups in total. The molecule has 0 aliphatic rings. The average Bonchev–Trinajstić information content (AvgIpc) is 0.870. The van der Waals surface area contributed by atoms with Crippen molar-refractivity contribution in [3.8, 4) is 0 Å². The second kappa shape index (κ2) is 66.8. The summed E-state index contributed by atoms with van der Waals surface area (Å²) in [5.74, 6) is -3.92. The van der Waals surface area contributed by atoms with Gasteiger partial charge >= 0.3 is 42.0 Å². The van der Waals surface area contributed by atoms with Crippen LogP contribution >= 0.6 is 0 Å². The summed E-state index contributed by atoms with van der Waals surface area (Å²) in [6.45, 7) is 32.1. The van der Waals surface area contributed by atoms with Gasteiger partial charge in [0.05, 0.1) is 59.0 Å². The molecule has 0 radical (unpaired) electrons. The summed E-state index contributed by atoms with van der Waals surface area (Å²) < 4.78 is 57.7. The number of hydrogen-bond acceptors (Lipinski definition) is 20. The van der Waals surface area contributed by atoms with Gasteiger partial charge in [-0.05, 0) is 123 Å². The molecule has 0 bridgehead atoms. The summed E-state index contributed by atoms with van der Waals surface area (Å²) in [5, 5.41) is 0. The van der Waals surface area contributed by atoms with Gasteiger partial charge in [-0.15, -0.1) is 0 Å². The fourth-order valence-electron chi connectivity index (χ4n) is 14.2. The van der Waals surface area contributed by atoms with Crippen LogP contribution in [0.5, 0.6) is 0 Å². The summed E-state index contributed by atoms with van der Waals surface area (Å²) in [7, 11) is 0. The number of rotatable bonds is 74. The second-order valence-corrected chi connectivity index (χ2v) is 37.4. The first kappa shape index (κ1) is 109. The van der Waals surface area contributed by atoms with Crippen molar-refractivity contribution in [3.05, 3.63) is 0 Å². The largest absolute Gasteiger partial charge is 0.508 e. The molecule has 0 fully saturated rings. The molecule has 0 aromatic heterocycles. The highest BCUT2D eigenvalue weighted by Gasteiger charge is 2.36. The van der Waals surface area contributed by atoms with E-state index < -0.39 is 82.4 Å². The maximum atomic E-state index is 14.5. The van der Waals surface area contributed by atoms with Gasteiger partial charge in [-0.3, -0.25) is 43.5 Å².